The third-order valence-electron chi connectivity index (χ3n) is 2.79. The predicted octanol–water partition coefficient (Wildman–Crippen LogP) is 3.95. The summed E-state index contributed by atoms with van der Waals surface area (Å²) in [5.41, 5.74) is 0.462. The Morgan fingerprint density at radius 1 is 1.45 bits per heavy atom. The molecule has 20 heavy (non-hydrogen) atoms. The van der Waals surface area contributed by atoms with Crippen molar-refractivity contribution in [3.8, 4) is 0 Å². The number of thiophene rings is 1. The Morgan fingerprint density at radius 3 is 2.85 bits per heavy atom. The molecule has 1 unspecified atom stereocenters. The zero-order chi connectivity index (χ0) is 14.5. The summed E-state index contributed by atoms with van der Waals surface area (Å²) in [6, 6.07) is 8.61. The molecule has 0 fully saturated rings. The van der Waals surface area contributed by atoms with Gasteiger partial charge >= 0.3 is 0 Å². The number of nitro benzene ring substituents is 1. The molecule has 106 valence electrons. The van der Waals surface area contributed by atoms with Crippen molar-refractivity contribution in [2.24, 2.45) is 0 Å². The number of rotatable bonds is 6. The van der Waals surface area contributed by atoms with Crippen LogP contribution in [-0.4, -0.2) is 16.6 Å². The molecule has 7 heteroatoms. The molecule has 2 rings (SSSR count). The van der Waals surface area contributed by atoms with E-state index in [0.717, 1.165) is 4.88 Å². The second-order valence-corrected chi connectivity index (χ2v) is 6.04. The second kappa shape index (κ2) is 6.83. The minimum atomic E-state index is -0.419. The molecule has 0 aliphatic carbocycles. The van der Waals surface area contributed by atoms with Crippen LogP contribution in [0.1, 0.15) is 17.3 Å². The van der Waals surface area contributed by atoms with Crippen molar-refractivity contribution < 1.29 is 10.0 Å². The SMILES string of the molecule is O=[N+]([O-])c1cc(Br)ccc1NC(CCO)c1cccs1. The summed E-state index contributed by atoms with van der Waals surface area (Å²) >= 11 is 4.79. The van der Waals surface area contributed by atoms with Crippen LogP contribution in [-0.2, 0) is 0 Å². The van der Waals surface area contributed by atoms with Gasteiger partial charge in [0.15, 0.2) is 0 Å². The number of nitrogens with zero attached hydrogens (tertiary/aromatic N) is 1. The second-order valence-electron chi connectivity index (χ2n) is 4.14. The monoisotopic (exact) mass is 356 g/mol. The number of hydrogen-bond donors (Lipinski definition) is 2. The van der Waals surface area contributed by atoms with Gasteiger partial charge < -0.3 is 10.4 Å². The fraction of sp³-hybridized carbons (Fsp3) is 0.231. The standard InChI is InChI=1S/C13H13BrN2O3S/c14-9-3-4-10(12(8-9)16(18)19)15-11(5-6-17)13-2-1-7-20-13/h1-4,7-8,11,15,17H,5-6H2. The molecule has 2 N–H and O–H groups in total. The molecule has 1 aromatic carbocycles. The number of hydrogen-bond acceptors (Lipinski definition) is 5. The molecule has 0 amide bonds. The quantitative estimate of drug-likeness (QED) is 0.606. The van der Waals surface area contributed by atoms with Crippen molar-refractivity contribution in [3.63, 3.8) is 0 Å². The predicted molar refractivity (Wildman–Crippen MR) is 83.2 cm³/mol. The van der Waals surface area contributed by atoms with Crippen molar-refractivity contribution in [1.82, 2.24) is 0 Å². The van der Waals surface area contributed by atoms with E-state index in [-0.39, 0.29) is 18.3 Å². The number of aliphatic hydroxyl groups is 1. The van der Waals surface area contributed by atoms with Gasteiger partial charge in [-0.15, -0.1) is 11.3 Å². The fourth-order valence-electron chi connectivity index (χ4n) is 1.87. The summed E-state index contributed by atoms with van der Waals surface area (Å²) in [6.07, 6.45) is 0.494. The first-order chi connectivity index (χ1) is 9.61. The van der Waals surface area contributed by atoms with E-state index in [1.54, 1.807) is 23.5 Å². The van der Waals surface area contributed by atoms with Gasteiger partial charge in [0, 0.05) is 22.0 Å². The highest BCUT2D eigenvalue weighted by Gasteiger charge is 2.19. The van der Waals surface area contributed by atoms with E-state index in [9.17, 15) is 10.1 Å². The van der Waals surface area contributed by atoms with E-state index >= 15 is 0 Å². The first kappa shape index (κ1) is 15.0. The van der Waals surface area contributed by atoms with Crippen LogP contribution in [0.4, 0.5) is 11.4 Å². The average Bonchev–Trinajstić information content (AvgIpc) is 2.93. The lowest BCUT2D eigenvalue weighted by molar-refractivity contribution is -0.384. The molecule has 0 aliphatic heterocycles. The highest BCUT2D eigenvalue weighted by molar-refractivity contribution is 9.10. The molecule has 1 heterocycles. The number of anilines is 1. The van der Waals surface area contributed by atoms with Gasteiger partial charge in [-0.05, 0) is 30.0 Å². The van der Waals surface area contributed by atoms with Gasteiger partial charge in [-0.1, -0.05) is 22.0 Å². The Kier molecular flexibility index (Phi) is 5.11. The molecule has 0 radical (unpaired) electrons. The van der Waals surface area contributed by atoms with Crippen molar-refractivity contribution in [2.45, 2.75) is 12.5 Å². The molecule has 0 saturated heterocycles. The molecule has 5 nitrogen and oxygen atoms in total. The molecule has 1 aromatic heterocycles. The summed E-state index contributed by atoms with van der Waals surface area (Å²) in [5, 5.41) is 25.3. The topological polar surface area (TPSA) is 75.4 Å². The van der Waals surface area contributed by atoms with Crippen LogP contribution in [0, 0.1) is 10.1 Å². The lowest BCUT2D eigenvalue weighted by Gasteiger charge is -2.17. The number of nitrogens with one attached hydrogen (secondary N) is 1. The van der Waals surface area contributed by atoms with Gasteiger partial charge in [0.2, 0.25) is 0 Å². The molecular weight excluding hydrogens is 344 g/mol. The van der Waals surface area contributed by atoms with E-state index in [1.807, 2.05) is 17.5 Å². The maximum absolute atomic E-state index is 11.1. The van der Waals surface area contributed by atoms with Crippen molar-refractivity contribution in [2.75, 3.05) is 11.9 Å². The van der Waals surface area contributed by atoms with Gasteiger partial charge in [-0.25, -0.2) is 0 Å². The molecule has 0 aliphatic rings. The summed E-state index contributed by atoms with van der Waals surface area (Å²) < 4.78 is 0.657. The molecule has 2 aromatic rings. The summed E-state index contributed by atoms with van der Waals surface area (Å²) in [7, 11) is 0. The van der Waals surface area contributed by atoms with Crippen LogP contribution >= 0.6 is 27.3 Å². The van der Waals surface area contributed by atoms with Crippen LogP contribution in [0.25, 0.3) is 0 Å². The fourth-order valence-corrected chi connectivity index (χ4v) is 3.03. The molecule has 0 bridgehead atoms. The first-order valence-electron chi connectivity index (χ1n) is 5.96. The van der Waals surface area contributed by atoms with E-state index in [2.05, 4.69) is 21.2 Å². The van der Waals surface area contributed by atoms with Gasteiger partial charge in [-0.3, -0.25) is 10.1 Å². The first-order valence-corrected chi connectivity index (χ1v) is 7.64. The van der Waals surface area contributed by atoms with Gasteiger partial charge in [-0.2, -0.15) is 0 Å². The van der Waals surface area contributed by atoms with Crippen LogP contribution < -0.4 is 5.32 Å². The van der Waals surface area contributed by atoms with Gasteiger partial charge in [0.05, 0.1) is 11.0 Å². The third kappa shape index (κ3) is 3.56. The van der Waals surface area contributed by atoms with Crippen molar-refractivity contribution >= 4 is 38.6 Å². The molecule has 0 saturated carbocycles. The minimum absolute atomic E-state index is 0.0128. The maximum atomic E-state index is 11.1. The largest absolute Gasteiger partial charge is 0.396 e. The van der Waals surface area contributed by atoms with Gasteiger partial charge in [0.25, 0.3) is 5.69 Å². The molecular formula is C13H13BrN2O3S. The lowest BCUT2D eigenvalue weighted by atomic mass is 10.1. The third-order valence-corrected chi connectivity index (χ3v) is 4.27. The molecule has 0 spiro atoms. The maximum Gasteiger partial charge on any atom is 0.293 e. The minimum Gasteiger partial charge on any atom is -0.396 e. The number of aliphatic hydroxyl groups excluding tert-OH is 1. The van der Waals surface area contributed by atoms with E-state index < -0.39 is 4.92 Å². The summed E-state index contributed by atoms with van der Waals surface area (Å²) in [5.74, 6) is 0. The summed E-state index contributed by atoms with van der Waals surface area (Å²) in [4.78, 5) is 11.7. The smallest absolute Gasteiger partial charge is 0.293 e. The van der Waals surface area contributed by atoms with Crippen molar-refractivity contribution in [3.05, 3.63) is 55.2 Å². The number of nitro groups is 1. The highest BCUT2D eigenvalue weighted by atomic mass is 79.9. The van der Waals surface area contributed by atoms with Gasteiger partial charge in [0.1, 0.15) is 5.69 Å². The van der Waals surface area contributed by atoms with Crippen LogP contribution in [0.5, 0.6) is 0 Å². The van der Waals surface area contributed by atoms with E-state index in [0.29, 0.717) is 16.6 Å². The number of benzene rings is 1. The van der Waals surface area contributed by atoms with Crippen LogP contribution in [0.2, 0.25) is 0 Å². The Labute approximate surface area is 128 Å². The van der Waals surface area contributed by atoms with Crippen LogP contribution in [0.3, 0.4) is 0 Å². The molecule has 1 atom stereocenters. The highest BCUT2D eigenvalue weighted by Crippen LogP contribution is 2.33. The number of halogens is 1. The van der Waals surface area contributed by atoms with E-state index in [4.69, 9.17) is 5.11 Å². The lowest BCUT2D eigenvalue weighted by Crippen LogP contribution is -2.12. The normalized spacial score (nSPS) is 12.1. The Bertz CT molecular complexity index is 589. The zero-order valence-electron chi connectivity index (χ0n) is 10.5. The van der Waals surface area contributed by atoms with Crippen LogP contribution in [0.15, 0.2) is 40.2 Å². The Hall–Kier alpha value is -1.44. The zero-order valence-corrected chi connectivity index (χ0v) is 12.9. The average molecular weight is 357 g/mol. The Morgan fingerprint density at radius 2 is 2.25 bits per heavy atom. The Balaban J connectivity index is 2.29. The van der Waals surface area contributed by atoms with E-state index in [1.165, 1.54) is 6.07 Å². The summed E-state index contributed by atoms with van der Waals surface area (Å²) in [6.45, 7) is 0.0138. The van der Waals surface area contributed by atoms with Crippen molar-refractivity contribution in [1.29, 1.82) is 0 Å².